The molecule has 1 N–H and O–H groups in total. The summed E-state index contributed by atoms with van der Waals surface area (Å²) in [6.45, 7) is 7.98. The molecule has 0 aliphatic carbocycles. The summed E-state index contributed by atoms with van der Waals surface area (Å²) in [7, 11) is 0. The van der Waals surface area contributed by atoms with Gasteiger partial charge >= 0.3 is 0 Å². The third kappa shape index (κ3) is 1.96. The largest absolute Gasteiger partial charge is 0.343 e. The maximum Gasteiger partial charge on any atom is 0.223 e. The molecule has 2 heterocycles. The van der Waals surface area contributed by atoms with Gasteiger partial charge in [-0.05, 0) is 31.7 Å². The van der Waals surface area contributed by atoms with E-state index in [0.717, 1.165) is 30.9 Å². The van der Waals surface area contributed by atoms with Gasteiger partial charge in [-0.25, -0.2) is 0 Å². The highest BCUT2D eigenvalue weighted by molar-refractivity contribution is 5.77. The molecule has 0 radical (unpaired) electrons. The molecule has 1 amide bonds. The number of nitrogens with zero attached hydrogens (tertiary/aromatic N) is 2. The van der Waals surface area contributed by atoms with Crippen LogP contribution in [0.3, 0.4) is 0 Å². The summed E-state index contributed by atoms with van der Waals surface area (Å²) in [6.07, 6.45) is 1.76. The van der Waals surface area contributed by atoms with Gasteiger partial charge in [-0.3, -0.25) is 9.89 Å². The lowest BCUT2D eigenvalue weighted by Crippen LogP contribution is -2.42. The fourth-order valence-electron chi connectivity index (χ4n) is 2.34. The molecule has 1 aliphatic heterocycles. The molecule has 2 rings (SSSR count). The molecule has 88 valence electrons. The second kappa shape index (κ2) is 4.28. The Balaban J connectivity index is 2.02. The topological polar surface area (TPSA) is 49.0 Å². The van der Waals surface area contributed by atoms with Crippen molar-refractivity contribution in [2.75, 3.05) is 13.1 Å². The molecule has 0 spiro atoms. The van der Waals surface area contributed by atoms with Gasteiger partial charge in [-0.1, -0.05) is 6.92 Å². The van der Waals surface area contributed by atoms with E-state index < -0.39 is 0 Å². The van der Waals surface area contributed by atoms with Crippen LogP contribution in [0.25, 0.3) is 0 Å². The van der Waals surface area contributed by atoms with Crippen molar-refractivity contribution in [3.8, 4) is 0 Å². The van der Waals surface area contributed by atoms with Crippen molar-refractivity contribution in [2.45, 2.75) is 39.5 Å². The number of hydrogen-bond donors (Lipinski definition) is 1. The number of aryl methyl sites for hydroxylation is 2. The van der Waals surface area contributed by atoms with Crippen LogP contribution in [0.15, 0.2) is 0 Å². The van der Waals surface area contributed by atoms with Gasteiger partial charge in [0.15, 0.2) is 0 Å². The molecule has 1 aromatic rings. The van der Waals surface area contributed by atoms with Gasteiger partial charge < -0.3 is 4.90 Å². The van der Waals surface area contributed by atoms with Gasteiger partial charge in [0.25, 0.3) is 0 Å². The van der Waals surface area contributed by atoms with E-state index in [1.165, 1.54) is 5.56 Å². The minimum atomic E-state index is 0.256. The van der Waals surface area contributed by atoms with E-state index in [2.05, 4.69) is 17.1 Å². The van der Waals surface area contributed by atoms with Crippen LogP contribution < -0.4 is 0 Å². The standard InChI is InChI=1S/C12H19N3O/c1-8(7-11(16)15-5-4-6-15)12-9(2)13-14-10(12)3/h8H,4-7H2,1-3H3,(H,13,14). The van der Waals surface area contributed by atoms with Crippen LogP contribution in [-0.2, 0) is 4.79 Å². The van der Waals surface area contributed by atoms with Gasteiger partial charge in [-0.15, -0.1) is 0 Å². The van der Waals surface area contributed by atoms with Crippen molar-refractivity contribution in [3.63, 3.8) is 0 Å². The smallest absolute Gasteiger partial charge is 0.223 e. The fraction of sp³-hybridized carbons (Fsp3) is 0.667. The van der Waals surface area contributed by atoms with Crippen molar-refractivity contribution in [3.05, 3.63) is 17.0 Å². The van der Waals surface area contributed by atoms with Crippen molar-refractivity contribution in [1.29, 1.82) is 0 Å². The zero-order chi connectivity index (χ0) is 11.7. The third-order valence-corrected chi connectivity index (χ3v) is 3.37. The quantitative estimate of drug-likeness (QED) is 0.845. The maximum absolute atomic E-state index is 11.8. The summed E-state index contributed by atoms with van der Waals surface area (Å²) in [6, 6.07) is 0. The predicted octanol–water partition coefficient (Wildman–Crippen LogP) is 1.75. The molecule has 1 saturated heterocycles. The zero-order valence-corrected chi connectivity index (χ0v) is 10.2. The minimum absolute atomic E-state index is 0.256. The number of nitrogens with one attached hydrogen (secondary N) is 1. The summed E-state index contributed by atoms with van der Waals surface area (Å²) >= 11 is 0. The number of aromatic nitrogens is 2. The van der Waals surface area contributed by atoms with Gasteiger partial charge in [0.2, 0.25) is 5.91 Å². The van der Waals surface area contributed by atoms with Gasteiger partial charge in [0.1, 0.15) is 0 Å². The molecule has 4 heteroatoms. The minimum Gasteiger partial charge on any atom is -0.343 e. The Morgan fingerprint density at radius 2 is 2.19 bits per heavy atom. The fourth-order valence-corrected chi connectivity index (χ4v) is 2.34. The Hall–Kier alpha value is -1.32. The highest BCUT2D eigenvalue weighted by Gasteiger charge is 2.24. The monoisotopic (exact) mass is 221 g/mol. The number of aromatic amines is 1. The Kier molecular flexibility index (Phi) is 2.99. The lowest BCUT2D eigenvalue weighted by atomic mass is 9.95. The summed E-state index contributed by atoms with van der Waals surface area (Å²) in [5.41, 5.74) is 3.30. The van der Waals surface area contributed by atoms with Gasteiger partial charge in [0.05, 0.1) is 5.69 Å². The summed E-state index contributed by atoms with van der Waals surface area (Å²) < 4.78 is 0. The van der Waals surface area contributed by atoms with Crippen LogP contribution in [0, 0.1) is 13.8 Å². The van der Waals surface area contributed by atoms with Crippen LogP contribution in [0.5, 0.6) is 0 Å². The van der Waals surface area contributed by atoms with E-state index in [4.69, 9.17) is 0 Å². The lowest BCUT2D eigenvalue weighted by molar-refractivity contribution is -0.134. The van der Waals surface area contributed by atoms with E-state index in [1.54, 1.807) is 0 Å². The number of carbonyl (C=O) groups excluding carboxylic acids is 1. The number of rotatable bonds is 3. The third-order valence-electron chi connectivity index (χ3n) is 3.37. The average Bonchev–Trinajstić information content (AvgIpc) is 2.42. The van der Waals surface area contributed by atoms with Crippen LogP contribution in [0.1, 0.15) is 42.6 Å². The normalized spacial score (nSPS) is 17.1. The lowest BCUT2D eigenvalue weighted by Gasteiger charge is -2.31. The van der Waals surface area contributed by atoms with Gasteiger partial charge in [-0.2, -0.15) is 5.10 Å². The van der Waals surface area contributed by atoms with E-state index in [9.17, 15) is 4.79 Å². The molecule has 1 atom stereocenters. The van der Waals surface area contributed by atoms with Crippen molar-refractivity contribution < 1.29 is 4.79 Å². The first kappa shape index (κ1) is 11.2. The summed E-state index contributed by atoms with van der Waals surface area (Å²) in [4.78, 5) is 13.8. The van der Waals surface area contributed by atoms with Crippen molar-refractivity contribution in [1.82, 2.24) is 15.1 Å². The summed E-state index contributed by atoms with van der Waals surface area (Å²) in [5.74, 6) is 0.533. The second-order valence-corrected chi connectivity index (χ2v) is 4.69. The number of amides is 1. The molecule has 1 aromatic heterocycles. The molecule has 1 aliphatic rings. The first-order valence-corrected chi connectivity index (χ1v) is 5.89. The Morgan fingerprint density at radius 1 is 1.50 bits per heavy atom. The van der Waals surface area contributed by atoms with Crippen molar-refractivity contribution >= 4 is 5.91 Å². The number of carbonyl (C=O) groups is 1. The molecule has 1 fully saturated rings. The highest BCUT2D eigenvalue weighted by atomic mass is 16.2. The molecule has 0 saturated carbocycles. The number of H-pyrrole nitrogens is 1. The van der Waals surface area contributed by atoms with Crippen LogP contribution in [0.4, 0.5) is 0 Å². The van der Waals surface area contributed by atoms with Crippen molar-refractivity contribution in [2.24, 2.45) is 0 Å². The Bertz CT molecular complexity index is 373. The SMILES string of the molecule is Cc1n[nH]c(C)c1C(C)CC(=O)N1CCC1. The predicted molar refractivity (Wildman–Crippen MR) is 62.3 cm³/mol. The first-order chi connectivity index (χ1) is 7.59. The van der Waals surface area contributed by atoms with E-state index in [-0.39, 0.29) is 11.8 Å². The maximum atomic E-state index is 11.8. The first-order valence-electron chi connectivity index (χ1n) is 5.89. The molecule has 4 nitrogen and oxygen atoms in total. The van der Waals surface area contributed by atoms with E-state index in [0.29, 0.717) is 6.42 Å². The number of likely N-dealkylation sites (tertiary alicyclic amines) is 1. The Labute approximate surface area is 96.0 Å². The molecule has 16 heavy (non-hydrogen) atoms. The molecule has 1 unspecified atom stereocenters. The zero-order valence-electron chi connectivity index (χ0n) is 10.2. The van der Waals surface area contributed by atoms with Crippen LogP contribution in [0.2, 0.25) is 0 Å². The molecular weight excluding hydrogens is 202 g/mol. The van der Waals surface area contributed by atoms with Crippen LogP contribution in [-0.4, -0.2) is 34.1 Å². The highest BCUT2D eigenvalue weighted by Crippen LogP contribution is 2.25. The Morgan fingerprint density at radius 3 is 2.62 bits per heavy atom. The molecular formula is C12H19N3O. The molecule has 0 bridgehead atoms. The summed E-state index contributed by atoms with van der Waals surface area (Å²) in [5, 5.41) is 7.15. The van der Waals surface area contributed by atoms with E-state index >= 15 is 0 Å². The molecule has 0 aromatic carbocycles. The number of hydrogen-bond acceptors (Lipinski definition) is 2. The average molecular weight is 221 g/mol. The van der Waals surface area contributed by atoms with E-state index in [1.807, 2.05) is 18.7 Å². The van der Waals surface area contributed by atoms with Crippen LogP contribution >= 0.6 is 0 Å². The van der Waals surface area contributed by atoms with Gasteiger partial charge in [0, 0.05) is 25.2 Å². The second-order valence-electron chi connectivity index (χ2n) is 4.69.